The molecule has 3 heteroatoms. The van der Waals surface area contributed by atoms with E-state index in [0.717, 1.165) is 17.7 Å². The van der Waals surface area contributed by atoms with Gasteiger partial charge in [0.1, 0.15) is 5.54 Å². The van der Waals surface area contributed by atoms with Crippen LogP contribution in [0.1, 0.15) is 40.5 Å². The van der Waals surface area contributed by atoms with E-state index in [1.165, 1.54) is 0 Å². The number of azo groups is 1. The van der Waals surface area contributed by atoms with Gasteiger partial charge in [0.05, 0.1) is 0 Å². The maximum atomic E-state index is 11.3. The first-order valence-electron chi connectivity index (χ1n) is 4.04. The lowest BCUT2D eigenvalue weighted by molar-refractivity contribution is -0.618. The summed E-state index contributed by atoms with van der Waals surface area (Å²) in [6.07, 6.45) is 1.92. The van der Waals surface area contributed by atoms with E-state index in [0.29, 0.717) is 0 Å². The molecule has 1 aliphatic rings. The summed E-state index contributed by atoms with van der Waals surface area (Å²) >= 11 is 0. The van der Waals surface area contributed by atoms with Gasteiger partial charge in [-0.05, 0) is 25.4 Å². The molecule has 0 aromatic heterocycles. The Labute approximate surface area is 67.7 Å². The first-order chi connectivity index (χ1) is 4.83. The molecule has 0 bridgehead atoms. The molecule has 0 radical (unpaired) electrons. The van der Waals surface area contributed by atoms with Crippen LogP contribution >= 0.6 is 0 Å². The van der Waals surface area contributed by atoms with Crippen LogP contribution in [0.5, 0.6) is 0 Å². The van der Waals surface area contributed by atoms with Crippen LogP contribution in [0.3, 0.4) is 0 Å². The summed E-state index contributed by atoms with van der Waals surface area (Å²) < 4.78 is 0. The Morgan fingerprint density at radius 3 is 2.09 bits per heavy atom. The molecule has 0 aromatic rings. The average Bonchev–Trinajstić information content (AvgIpc) is 1.81. The minimum atomic E-state index is -0.296. The van der Waals surface area contributed by atoms with Gasteiger partial charge in [0, 0.05) is 20.3 Å². The van der Waals surface area contributed by atoms with E-state index in [2.05, 4.69) is 5.11 Å². The molecule has 0 unspecified atom stereocenters. The summed E-state index contributed by atoms with van der Waals surface area (Å²) in [5.74, 6) is 0. The van der Waals surface area contributed by atoms with E-state index in [1.807, 2.05) is 27.7 Å². The molecule has 0 amide bonds. The lowest BCUT2D eigenvalue weighted by atomic mass is 9.88. The Bertz CT molecular complexity index is 194. The van der Waals surface area contributed by atoms with Crippen LogP contribution in [0.15, 0.2) is 5.11 Å². The van der Waals surface area contributed by atoms with E-state index in [1.54, 1.807) is 0 Å². The molecule has 1 heterocycles. The van der Waals surface area contributed by atoms with Crippen LogP contribution in [0.25, 0.3) is 0 Å². The molecule has 1 aliphatic heterocycles. The van der Waals surface area contributed by atoms with Gasteiger partial charge in [-0.2, -0.15) is 0 Å². The fourth-order valence-electron chi connectivity index (χ4n) is 1.14. The first kappa shape index (κ1) is 8.50. The predicted octanol–water partition coefficient (Wildman–Crippen LogP) is 2.30. The Morgan fingerprint density at radius 2 is 1.73 bits per heavy atom. The molecule has 0 aliphatic carbocycles. The zero-order valence-corrected chi connectivity index (χ0v) is 7.72. The van der Waals surface area contributed by atoms with Gasteiger partial charge in [0.25, 0.3) is 0 Å². The van der Waals surface area contributed by atoms with Gasteiger partial charge in [-0.3, -0.25) is 0 Å². The van der Waals surface area contributed by atoms with Gasteiger partial charge in [0.15, 0.2) is 5.54 Å². The molecule has 11 heavy (non-hydrogen) atoms. The average molecular weight is 156 g/mol. The zero-order chi connectivity index (χ0) is 8.70. The second kappa shape index (κ2) is 2.19. The van der Waals surface area contributed by atoms with Gasteiger partial charge in [-0.15, -0.1) is 0 Å². The summed E-state index contributed by atoms with van der Waals surface area (Å²) in [6.45, 7) is 7.84. The third kappa shape index (κ3) is 1.70. The quantitative estimate of drug-likeness (QED) is 0.391. The minimum Gasteiger partial charge on any atom is -0.599 e. The van der Waals surface area contributed by atoms with E-state index >= 15 is 0 Å². The van der Waals surface area contributed by atoms with Gasteiger partial charge >= 0.3 is 0 Å². The summed E-state index contributed by atoms with van der Waals surface area (Å²) in [5.41, 5.74) is -0.452. The Kier molecular flexibility index (Phi) is 1.69. The predicted molar refractivity (Wildman–Crippen MR) is 43.4 cm³/mol. The van der Waals surface area contributed by atoms with Crippen LogP contribution in [0, 0.1) is 5.21 Å². The topological polar surface area (TPSA) is 38.4 Å². The van der Waals surface area contributed by atoms with Crippen molar-refractivity contribution in [2.45, 2.75) is 51.6 Å². The maximum absolute atomic E-state index is 11.3. The van der Waals surface area contributed by atoms with Crippen molar-refractivity contribution in [1.29, 1.82) is 0 Å². The number of rotatable bonds is 0. The third-order valence-electron chi connectivity index (χ3n) is 2.23. The largest absolute Gasteiger partial charge is 0.599 e. The van der Waals surface area contributed by atoms with Crippen LogP contribution < -0.4 is 0 Å². The molecule has 0 atom stereocenters. The maximum Gasteiger partial charge on any atom is 0.193 e. The molecule has 0 spiro atoms. The molecular formula is C8H16N2O. The van der Waals surface area contributed by atoms with Crippen LogP contribution in [-0.2, 0) is 0 Å². The fourth-order valence-corrected chi connectivity index (χ4v) is 1.14. The highest BCUT2D eigenvalue weighted by Crippen LogP contribution is 2.30. The molecule has 0 N–H and O–H groups in total. The summed E-state index contributed by atoms with van der Waals surface area (Å²) in [5, 5.41) is 15.3. The number of hydroxylamine groups is 1. The highest BCUT2D eigenvalue weighted by Gasteiger charge is 2.38. The molecule has 0 fully saturated rings. The van der Waals surface area contributed by atoms with E-state index in [-0.39, 0.29) is 11.1 Å². The molecule has 64 valence electrons. The second-order valence-electron chi connectivity index (χ2n) is 4.50. The SMILES string of the molecule is CC1(C)CCC(C)(C)[N+]([O-])=N1. The standard InChI is InChI=1S/C8H16N2O/c1-7(2)5-6-8(3,4)10(11)9-7/h5-6H2,1-4H3. The molecule has 0 saturated carbocycles. The Balaban J connectivity index is 2.89. The molecule has 0 aromatic carbocycles. The number of nitrogens with zero attached hydrogens (tertiary/aromatic N) is 2. The minimum absolute atomic E-state index is 0.155. The summed E-state index contributed by atoms with van der Waals surface area (Å²) in [6, 6.07) is 0. The monoisotopic (exact) mass is 156 g/mol. The van der Waals surface area contributed by atoms with Crippen molar-refractivity contribution in [1.82, 2.24) is 0 Å². The molecule has 3 nitrogen and oxygen atoms in total. The smallest absolute Gasteiger partial charge is 0.193 e. The van der Waals surface area contributed by atoms with E-state index < -0.39 is 0 Å². The highest BCUT2D eigenvalue weighted by atomic mass is 16.5. The Morgan fingerprint density at radius 1 is 1.18 bits per heavy atom. The normalized spacial score (nSPS) is 27.8. The highest BCUT2D eigenvalue weighted by molar-refractivity contribution is 4.82. The third-order valence-corrected chi connectivity index (χ3v) is 2.23. The van der Waals surface area contributed by atoms with Crippen LogP contribution in [0.2, 0.25) is 0 Å². The van der Waals surface area contributed by atoms with Crippen molar-refractivity contribution in [3.05, 3.63) is 5.21 Å². The lowest BCUT2D eigenvalue weighted by Crippen LogP contribution is -2.40. The van der Waals surface area contributed by atoms with Gasteiger partial charge < -0.3 is 5.21 Å². The van der Waals surface area contributed by atoms with Crippen molar-refractivity contribution in [2.24, 2.45) is 5.11 Å². The molecule has 0 saturated heterocycles. The number of hydrogen-bond donors (Lipinski definition) is 0. The molecular weight excluding hydrogens is 140 g/mol. The Hall–Kier alpha value is -0.600. The van der Waals surface area contributed by atoms with Crippen molar-refractivity contribution >= 4 is 0 Å². The van der Waals surface area contributed by atoms with Gasteiger partial charge in [-0.25, -0.2) is 0 Å². The second-order valence-corrected chi connectivity index (χ2v) is 4.50. The van der Waals surface area contributed by atoms with E-state index in [4.69, 9.17) is 0 Å². The van der Waals surface area contributed by atoms with Crippen molar-refractivity contribution in [3.63, 3.8) is 0 Å². The van der Waals surface area contributed by atoms with E-state index in [9.17, 15) is 5.21 Å². The van der Waals surface area contributed by atoms with Crippen molar-refractivity contribution < 1.29 is 4.86 Å². The summed E-state index contributed by atoms with van der Waals surface area (Å²) in [7, 11) is 0. The molecule has 1 rings (SSSR count). The fraction of sp³-hybridized carbons (Fsp3) is 1.00. The lowest BCUT2D eigenvalue weighted by Gasteiger charge is -2.31. The number of hydrogen-bond acceptors (Lipinski definition) is 2. The van der Waals surface area contributed by atoms with Crippen LogP contribution in [0.4, 0.5) is 0 Å². The van der Waals surface area contributed by atoms with Gasteiger partial charge in [0.2, 0.25) is 0 Å². The van der Waals surface area contributed by atoms with Crippen LogP contribution in [-0.4, -0.2) is 15.9 Å². The summed E-state index contributed by atoms with van der Waals surface area (Å²) in [4.78, 5) is 0.858. The van der Waals surface area contributed by atoms with Gasteiger partial charge in [-0.1, -0.05) is 4.86 Å². The van der Waals surface area contributed by atoms with Crippen molar-refractivity contribution in [2.75, 3.05) is 0 Å². The zero-order valence-electron chi connectivity index (χ0n) is 7.72. The van der Waals surface area contributed by atoms with Crippen molar-refractivity contribution in [3.8, 4) is 0 Å². The first-order valence-corrected chi connectivity index (χ1v) is 4.04.